The molecule has 0 saturated carbocycles. The Bertz CT molecular complexity index is 534. The van der Waals surface area contributed by atoms with Crippen LogP contribution >= 0.6 is 11.8 Å². The van der Waals surface area contributed by atoms with Crippen molar-refractivity contribution in [1.82, 2.24) is 0 Å². The molecule has 1 aliphatic rings. The number of sulfone groups is 1. The van der Waals surface area contributed by atoms with Crippen molar-refractivity contribution in [3.63, 3.8) is 0 Å². The van der Waals surface area contributed by atoms with E-state index in [4.69, 9.17) is 4.74 Å². The summed E-state index contributed by atoms with van der Waals surface area (Å²) in [6.07, 6.45) is 1.56. The van der Waals surface area contributed by atoms with Gasteiger partial charge < -0.3 is 4.74 Å². The molecule has 1 heterocycles. The molecule has 100 valence electrons. The predicted octanol–water partition coefficient (Wildman–Crippen LogP) is 2.84. The number of benzene rings is 1. The SMILES string of the molecule is CS[C@]1(S(=O)(=O)c2ccc(C)cc2)O[C@@H]1C(C)C. The number of epoxide rings is 1. The number of aryl methyl sites for hydroxylation is 1. The summed E-state index contributed by atoms with van der Waals surface area (Å²) in [5.41, 5.74) is 1.05. The zero-order valence-corrected chi connectivity index (χ0v) is 12.6. The quantitative estimate of drug-likeness (QED) is 0.799. The molecule has 2 atom stereocenters. The summed E-state index contributed by atoms with van der Waals surface area (Å²) in [6.45, 7) is 5.89. The fourth-order valence-corrected chi connectivity index (χ4v) is 5.56. The average molecular weight is 286 g/mol. The Morgan fingerprint density at radius 3 is 2.22 bits per heavy atom. The summed E-state index contributed by atoms with van der Waals surface area (Å²) in [4.78, 5) is 0.339. The van der Waals surface area contributed by atoms with Gasteiger partial charge in [0.15, 0.2) is 0 Å². The third-order valence-electron chi connectivity index (χ3n) is 3.18. The highest BCUT2D eigenvalue weighted by Crippen LogP contribution is 2.55. The Morgan fingerprint density at radius 2 is 1.83 bits per heavy atom. The maximum Gasteiger partial charge on any atom is 0.247 e. The molecule has 0 aliphatic carbocycles. The molecule has 0 unspecified atom stereocenters. The first kappa shape index (κ1) is 13.9. The van der Waals surface area contributed by atoms with Gasteiger partial charge in [-0.15, -0.1) is 11.8 Å². The minimum atomic E-state index is -3.45. The van der Waals surface area contributed by atoms with E-state index >= 15 is 0 Å². The molecule has 1 saturated heterocycles. The highest BCUT2D eigenvalue weighted by Gasteiger charge is 2.67. The number of rotatable bonds is 4. The van der Waals surface area contributed by atoms with Crippen LogP contribution in [0.5, 0.6) is 0 Å². The van der Waals surface area contributed by atoms with Crippen LogP contribution in [0, 0.1) is 12.8 Å². The largest absolute Gasteiger partial charge is 0.339 e. The number of thioether (sulfide) groups is 1. The van der Waals surface area contributed by atoms with Crippen LogP contribution in [0.2, 0.25) is 0 Å². The summed E-state index contributed by atoms with van der Waals surface area (Å²) in [7, 11) is -3.45. The second-order valence-corrected chi connectivity index (χ2v) is 8.26. The summed E-state index contributed by atoms with van der Waals surface area (Å²) < 4.78 is 29.7. The minimum Gasteiger partial charge on any atom is -0.339 e. The topological polar surface area (TPSA) is 46.7 Å². The van der Waals surface area contributed by atoms with Crippen LogP contribution in [0.4, 0.5) is 0 Å². The second-order valence-electron chi connectivity index (χ2n) is 4.91. The molecule has 0 amide bonds. The van der Waals surface area contributed by atoms with Crippen molar-refractivity contribution in [3.05, 3.63) is 29.8 Å². The minimum absolute atomic E-state index is 0.192. The summed E-state index contributed by atoms with van der Waals surface area (Å²) in [5.74, 6) is 0.192. The molecule has 5 heteroatoms. The smallest absolute Gasteiger partial charge is 0.247 e. The van der Waals surface area contributed by atoms with Gasteiger partial charge in [-0.3, -0.25) is 0 Å². The van der Waals surface area contributed by atoms with Crippen molar-refractivity contribution in [1.29, 1.82) is 0 Å². The fraction of sp³-hybridized carbons (Fsp3) is 0.538. The van der Waals surface area contributed by atoms with Crippen LogP contribution in [0.25, 0.3) is 0 Å². The van der Waals surface area contributed by atoms with Gasteiger partial charge in [0.2, 0.25) is 14.1 Å². The summed E-state index contributed by atoms with van der Waals surface area (Å²) in [5, 5.41) is 0. The summed E-state index contributed by atoms with van der Waals surface area (Å²) in [6, 6.07) is 6.94. The second kappa shape index (κ2) is 4.54. The standard InChI is InChI=1S/C13H18O3S2/c1-9(2)12-13(16-12,17-4)18(14,15)11-7-5-10(3)6-8-11/h5-9,12H,1-4H3/t12-,13-/m1/s1. The van der Waals surface area contributed by atoms with E-state index in [1.54, 1.807) is 18.4 Å². The van der Waals surface area contributed by atoms with Crippen molar-refractivity contribution in [2.24, 2.45) is 5.92 Å². The van der Waals surface area contributed by atoms with Gasteiger partial charge in [-0.25, -0.2) is 8.42 Å². The molecule has 2 rings (SSSR count). The van der Waals surface area contributed by atoms with Crippen molar-refractivity contribution in [3.8, 4) is 0 Å². The molecule has 1 aliphatic heterocycles. The lowest BCUT2D eigenvalue weighted by Crippen LogP contribution is -2.26. The molecule has 1 aromatic rings. The number of hydrogen-bond donors (Lipinski definition) is 0. The Balaban J connectivity index is 2.40. The van der Waals surface area contributed by atoms with Gasteiger partial charge in [-0.2, -0.15) is 0 Å². The molecule has 3 nitrogen and oxygen atoms in total. The van der Waals surface area contributed by atoms with Gasteiger partial charge in [0, 0.05) is 0 Å². The van der Waals surface area contributed by atoms with Crippen LogP contribution < -0.4 is 0 Å². The number of hydrogen-bond acceptors (Lipinski definition) is 4. The van der Waals surface area contributed by atoms with Crippen LogP contribution in [0.15, 0.2) is 29.2 Å². The molecule has 0 bridgehead atoms. The normalized spacial score (nSPS) is 27.5. The van der Waals surface area contributed by atoms with E-state index in [0.717, 1.165) is 5.56 Å². The van der Waals surface area contributed by atoms with Crippen LogP contribution in [0.1, 0.15) is 19.4 Å². The van der Waals surface area contributed by atoms with E-state index in [0.29, 0.717) is 4.90 Å². The third kappa shape index (κ3) is 1.98. The molecule has 1 aromatic carbocycles. The molecule has 0 spiro atoms. The Kier molecular flexibility index (Phi) is 3.51. The Labute approximate surface area is 113 Å². The molecule has 1 fully saturated rings. The first-order chi connectivity index (χ1) is 8.35. The number of ether oxygens (including phenoxy) is 1. The van der Waals surface area contributed by atoms with Crippen LogP contribution in [-0.2, 0) is 14.6 Å². The molecular formula is C13H18O3S2. The lowest BCUT2D eigenvalue weighted by molar-refractivity contribution is 0.343. The van der Waals surface area contributed by atoms with Crippen LogP contribution in [0.3, 0.4) is 0 Å². The summed E-state index contributed by atoms with van der Waals surface area (Å²) >= 11 is 1.27. The van der Waals surface area contributed by atoms with Gasteiger partial charge >= 0.3 is 0 Å². The van der Waals surface area contributed by atoms with Crippen molar-refractivity contribution >= 4 is 21.6 Å². The maximum atomic E-state index is 12.6. The Hall–Kier alpha value is -0.520. The van der Waals surface area contributed by atoms with Gasteiger partial charge in [-0.05, 0) is 31.2 Å². The first-order valence-corrected chi connectivity index (χ1v) is 8.60. The lowest BCUT2D eigenvalue weighted by Gasteiger charge is -2.13. The zero-order valence-electron chi connectivity index (χ0n) is 11.0. The third-order valence-corrected chi connectivity index (χ3v) is 7.20. The highest BCUT2D eigenvalue weighted by molar-refractivity contribution is 8.14. The Morgan fingerprint density at radius 1 is 1.28 bits per heavy atom. The van der Waals surface area contributed by atoms with Gasteiger partial charge in [0.1, 0.15) is 6.10 Å². The van der Waals surface area contributed by atoms with Gasteiger partial charge in [0.25, 0.3) is 0 Å². The lowest BCUT2D eigenvalue weighted by atomic mass is 10.1. The van der Waals surface area contributed by atoms with E-state index in [-0.39, 0.29) is 12.0 Å². The van der Waals surface area contributed by atoms with Crippen molar-refractivity contribution < 1.29 is 13.2 Å². The van der Waals surface area contributed by atoms with E-state index in [2.05, 4.69) is 0 Å². The van der Waals surface area contributed by atoms with E-state index < -0.39 is 14.1 Å². The predicted molar refractivity (Wildman–Crippen MR) is 74.3 cm³/mol. The molecule has 0 aromatic heterocycles. The average Bonchev–Trinajstić information content (AvgIpc) is 3.06. The molecule has 18 heavy (non-hydrogen) atoms. The van der Waals surface area contributed by atoms with Crippen molar-refractivity contribution in [2.45, 2.75) is 36.0 Å². The monoisotopic (exact) mass is 286 g/mol. The molecule has 0 N–H and O–H groups in total. The molecular weight excluding hydrogens is 268 g/mol. The van der Waals surface area contributed by atoms with Gasteiger partial charge in [0.05, 0.1) is 4.90 Å². The first-order valence-electron chi connectivity index (χ1n) is 5.89. The van der Waals surface area contributed by atoms with E-state index in [1.807, 2.05) is 32.9 Å². The highest BCUT2D eigenvalue weighted by atomic mass is 32.3. The fourth-order valence-electron chi connectivity index (χ4n) is 2.06. The van der Waals surface area contributed by atoms with Crippen LogP contribution in [-0.4, -0.2) is 25.0 Å². The zero-order chi connectivity index (χ0) is 13.6. The maximum absolute atomic E-state index is 12.6. The molecule has 0 radical (unpaired) electrons. The van der Waals surface area contributed by atoms with E-state index in [1.165, 1.54) is 11.8 Å². The van der Waals surface area contributed by atoms with Crippen molar-refractivity contribution in [2.75, 3.05) is 6.26 Å². The van der Waals surface area contributed by atoms with E-state index in [9.17, 15) is 8.42 Å². The van der Waals surface area contributed by atoms with Gasteiger partial charge in [-0.1, -0.05) is 31.5 Å².